The van der Waals surface area contributed by atoms with Crippen molar-refractivity contribution in [3.8, 4) is 0 Å². The molecule has 0 atom stereocenters. The van der Waals surface area contributed by atoms with Crippen molar-refractivity contribution < 1.29 is 9.59 Å². The third kappa shape index (κ3) is 2.59. The number of rotatable bonds is 4. The molecule has 16 heavy (non-hydrogen) atoms. The predicted molar refractivity (Wildman–Crippen MR) is 56.2 cm³/mol. The van der Waals surface area contributed by atoms with Crippen molar-refractivity contribution in [3.05, 3.63) is 18.2 Å². The minimum absolute atomic E-state index is 0.0631. The predicted octanol–water partition coefficient (Wildman–Crippen LogP) is -0.352. The molecule has 86 valence electrons. The van der Waals surface area contributed by atoms with E-state index in [2.05, 4.69) is 15.3 Å². The van der Waals surface area contributed by atoms with Crippen molar-refractivity contribution in [1.82, 2.24) is 20.2 Å². The summed E-state index contributed by atoms with van der Waals surface area (Å²) in [6.45, 7) is 1.21. The van der Waals surface area contributed by atoms with E-state index in [-0.39, 0.29) is 18.4 Å². The van der Waals surface area contributed by atoms with E-state index in [0.717, 1.165) is 6.42 Å². The Hall–Kier alpha value is -1.85. The third-order valence-corrected chi connectivity index (χ3v) is 2.51. The summed E-state index contributed by atoms with van der Waals surface area (Å²) in [4.78, 5) is 31.2. The van der Waals surface area contributed by atoms with Gasteiger partial charge in [0.05, 0.1) is 13.1 Å². The van der Waals surface area contributed by atoms with Gasteiger partial charge in [-0.05, 0) is 6.42 Å². The molecule has 1 fully saturated rings. The van der Waals surface area contributed by atoms with Crippen LogP contribution in [0.2, 0.25) is 0 Å². The highest BCUT2D eigenvalue weighted by Crippen LogP contribution is 2.08. The number of hydrogen-bond acceptors (Lipinski definition) is 3. The van der Waals surface area contributed by atoms with E-state index < -0.39 is 0 Å². The zero-order valence-electron chi connectivity index (χ0n) is 8.90. The first kappa shape index (κ1) is 10.7. The van der Waals surface area contributed by atoms with Crippen LogP contribution in [-0.4, -0.2) is 39.8 Å². The number of hydrogen-bond donors (Lipinski definition) is 2. The Balaban J connectivity index is 1.74. The number of imidazole rings is 1. The van der Waals surface area contributed by atoms with E-state index in [1.165, 1.54) is 0 Å². The van der Waals surface area contributed by atoms with E-state index >= 15 is 0 Å². The van der Waals surface area contributed by atoms with Gasteiger partial charge in [0.1, 0.15) is 5.82 Å². The van der Waals surface area contributed by atoms with Gasteiger partial charge in [0.2, 0.25) is 11.8 Å². The number of likely N-dealkylation sites (tertiary alicyclic amines) is 1. The monoisotopic (exact) mass is 222 g/mol. The van der Waals surface area contributed by atoms with Gasteiger partial charge in [-0.1, -0.05) is 0 Å². The smallest absolute Gasteiger partial charge is 0.239 e. The molecule has 0 saturated carbocycles. The number of aromatic amines is 1. The van der Waals surface area contributed by atoms with Crippen LogP contribution in [0.5, 0.6) is 0 Å². The van der Waals surface area contributed by atoms with Gasteiger partial charge in [0.25, 0.3) is 0 Å². The lowest BCUT2D eigenvalue weighted by molar-refractivity contribution is -0.133. The van der Waals surface area contributed by atoms with Gasteiger partial charge in [-0.25, -0.2) is 4.98 Å². The summed E-state index contributed by atoms with van der Waals surface area (Å²) in [5, 5.41) is 2.71. The van der Waals surface area contributed by atoms with E-state index in [1.54, 1.807) is 17.3 Å². The van der Waals surface area contributed by atoms with Crippen LogP contribution >= 0.6 is 0 Å². The molecule has 0 radical (unpaired) electrons. The zero-order chi connectivity index (χ0) is 11.4. The maximum atomic E-state index is 11.5. The lowest BCUT2D eigenvalue weighted by Crippen LogP contribution is -2.37. The van der Waals surface area contributed by atoms with Crippen molar-refractivity contribution in [2.75, 3.05) is 13.1 Å². The largest absolute Gasteiger partial charge is 0.347 e. The number of carbonyl (C=O) groups excluding carboxylic acids is 2. The summed E-state index contributed by atoms with van der Waals surface area (Å²) in [5.41, 5.74) is 0. The lowest BCUT2D eigenvalue weighted by Gasteiger charge is -2.14. The first-order chi connectivity index (χ1) is 7.75. The van der Waals surface area contributed by atoms with Crippen LogP contribution in [0.25, 0.3) is 0 Å². The van der Waals surface area contributed by atoms with Gasteiger partial charge in [-0.3, -0.25) is 9.59 Å². The Kier molecular flexibility index (Phi) is 3.19. The fourth-order valence-corrected chi connectivity index (χ4v) is 1.68. The molecule has 0 unspecified atom stereocenters. The van der Waals surface area contributed by atoms with Crippen LogP contribution in [0.4, 0.5) is 0 Å². The van der Waals surface area contributed by atoms with Crippen molar-refractivity contribution in [2.45, 2.75) is 19.4 Å². The molecule has 6 nitrogen and oxygen atoms in total. The molecular formula is C10H14N4O2. The first-order valence-corrected chi connectivity index (χ1v) is 5.28. The maximum Gasteiger partial charge on any atom is 0.239 e. The highest BCUT2D eigenvalue weighted by molar-refractivity contribution is 5.85. The second kappa shape index (κ2) is 4.78. The molecule has 2 N–H and O–H groups in total. The molecule has 0 aliphatic carbocycles. The van der Waals surface area contributed by atoms with Gasteiger partial charge in [-0.15, -0.1) is 0 Å². The Labute approximate surface area is 93.0 Å². The van der Waals surface area contributed by atoms with Crippen LogP contribution in [0.1, 0.15) is 18.7 Å². The van der Waals surface area contributed by atoms with Crippen molar-refractivity contribution in [1.29, 1.82) is 0 Å². The summed E-state index contributed by atoms with van der Waals surface area (Å²) >= 11 is 0. The highest BCUT2D eigenvalue weighted by Gasteiger charge is 2.21. The van der Waals surface area contributed by atoms with Gasteiger partial charge < -0.3 is 15.2 Å². The molecule has 2 rings (SSSR count). The molecule has 1 saturated heterocycles. The number of H-pyrrole nitrogens is 1. The summed E-state index contributed by atoms with van der Waals surface area (Å²) in [5.74, 6) is 0.626. The summed E-state index contributed by atoms with van der Waals surface area (Å²) in [6.07, 6.45) is 4.74. The quantitative estimate of drug-likeness (QED) is 0.730. The normalized spacial score (nSPS) is 15.5. The SMILES string of the molecule is O=C(CN1CCCC1=O)NCc1ncc[nH]1. The standard InChI is InChI=1S/C10H14N4O2/c15-9(7-14-5-1-2-10(14)16)13-6-8-11-3-4-12-8/h3-4H,1-2,5-7H2,(H,11,12)(H,13,15). The van der Waals surface area contributed by atoms with Gasteiger partial charge in [0.15, 0.2) is 0 Å². The first-order valence-electron chi connectivity index (χ1n) is 5.28. The minimum Gasteiger partial charge on any atom is -0.347 e. The Morgan fingerprint density at radius 3 is 3.12 bits per heavy atom. The van der Waals surface area contributed by atoms with Gasteiger partial charge in [0, 0.05) is 25.4 Å². The molecule has 1 aliphatic heterocycles. The average molecular weight is 222 g/mol. The molecule has 2 heterocycles. The molecular weight excluding hydrogens is 208 g/mol. The molecule has 2 amide bonds. The Morgan fingerprint density at radius 1 is 1.62 bits per heavy atom. The van der Waals surface area contributed by atoms with Gasteiger partial charge >= 0.3 is 0 Å². The Bertz CT molecular complexity index is 374. The zero-order valence-corrected chi connectivity index (χ0v) is 8.90. The van der Waals surface area contributed by atoms with Crippen molar-refractivity contribution in [2.24, 2.45) is 0 Å². The van der Waals surface area contributed by atoms with Crippen LogP contribution in [0.3, 0.4) is 0 Å². The fourth-order valence-electron chi connectivity index (χ4n) is 1.68. The molecule has 6 heteroatoms. The number of amides is 2. The molecule has 0 aromatic carbocycles. The van der Waals surface area contributed by atoms with E-state index in [4.69, 9.17) is 0 Å². The number of nitrogens with one attached hydrogen (secondary N) is 2. The topological polar surface area (TPSA) is 78.1 Å². The highest BCUT2D eigenvalue weighted by atomic mass is 16.2. The van der Waals surface area contributed by atoms with Gasteiger partial charge in [-0.2, -0.15) is 0 Å². The molecule has 1 aromatic heterocycles. The number of aromatic nitrogens is 2. The third-order valence-electron chi connectivity index (χ3n) is 2.51. The van der Waals surface area contributed by atoms with E-state index in [9.17, 15) is 9.59 Å². The van der Waals surface area contributed by atoms with Crippen LogP contribution in [0.15, 0.2) is 12.4 Å². The molecule has 0 bridgehead atoms. The Morgan fingerprint density at radius 2 is 2.50 bits per heavy atom. The summed E-state index contributed by atoms with van der Waals surface area (Å²) in [7, 11) is 0. The van der Waals surface area contributed by atoms with Crippen LogP contribution in [0, 0.1) is 0 Å². The van der Waals surface area contributed by atoms with Crippen molar-refractivity contribution in [3.63, 3.8) is 0 Å². The molecule has 1 aliphatic rings. The van der Waals surface area contributed by atoms with E-state index in [1.807, 2.05) is 0 Å². The minimum atomic E-state index is -0.147. The number of nitrogens with zero attached hydrogens (tertiary/aromatic N) is 2. The van der Waals surface area contributed by atoms with Crippen molar-refractivity contribution >= 4 is 11.8 Å². The summed E-state index contributed by atoms with van der Waals surface area (Å²) < 4.78 is 0. The lowest BCUT2D eigenvalue weighted by atomic mass is 10.4. The molecule has 1 aromatic rings. The second-order valence-electron chi connectivity index (χ2n) is 3.73. The average Bonchev–Trinajstić information content (AvgIpc) is 2.88. The fraction of sp³-hybridized carbons (Fsp3) is 0.500. The second-order valence-corrected chi connectivity index (χ2v) is 3.73. The van der Waals surface area contributed by atoms with E-state index in [0.29, 0.717) is 25.3 Å². The van der Waals surface area contributed by atoms with Crippen LogP contribution < -0.4 is 5.32 Å². The molecule has 0 spiro atoms. The van der Waals surface area contributed by atoms with Crippen LogP contribution in [-0.2, 0) is 16.1 Å². The number of carbonyl (C=O) groups is 2. The summed E-state index contributed by atoms with van der Waals surface area (Å²) in [6, 6.07) is 0. The maximum absolute atomic E-state index is 11.5.